The van der Waals surface area contributed by atoms with Gasteiger partial charge in [-0.05, 0) is 45.5 Å². The zero-order valence-electron chi connectivity index (χ0n) is 9.57. The number of hydrogen-bond donors (Lipinski definition) is 1. The maximum absolute atomic E-state index is 5.45. The molecule has 3 nitrogen and oxygen atoms in total. The van der Waals surface area contributed by atoms with Crippen molar-refractivity contribution in [2.24, 2.45) is 0 Å². The van der Waals surface area contributed by atoms with Crippen molar-refractivity contribution in [1.82, 2.24) is 10.2 Å². The number of nitrogens with one attached hydrogen (secondary N) is 1. The topological polar surface area (TPSA) is 28.4 Å². The molecule has 0 aromatic carbocycles. The molecule has 2 heterocycles. The number of likely N-dealkylation sites (N-methyl/N-ethyl adjacent to an activating group) is 1. The Labute approximate surface area is 91.4 Å². The Morgan fingerprint density at radius 3 is 3.07 bits per heavy atom. The van der Waals surface area contributed by atoms with Gasteiger partial charge in [0.15, 0.2) is 0 Å². The molecule has 1 saturated heterocycles. The fourth-order valence-corrected chi connectivity index (χ4v) is 2.23. The summed E-state index contributed by atoms with van der Waals surface area (Å²) in [5.74, 6) is 1.06. The zero-order chi connectivity index (χ0) is 10.7. The first-order chi connectivity index (χ1) is 7.29. The Morgan fingerprint density at radius 1 is 1.60 bits per heavy atom. The van der Waals surface area contributed by atoms with Crippen LogP contribution in [-0.4, -0.2) is 31.1 Å². The molecule has 0 radical (unpaired) electrons. The van der Waals surface area contributed by atoms with E-state index in [1.165, 1.54) is 19.4 Å². The van der Waals surface area contributed by atoms with Gasteiger partial charge in [-0.15, -0.1) is 0 Å². The summed E-state index contributed by atoms with van der Waals surface area (Å²) in [5.41, 5.74) is 0. The molecule has 1 aliphatic rings. The molecule has 1 fully saturated rings. The molecule has 0 amide bonds. The van der Waals surface area contributed by atoms with Crippen LogP contribution < -0.4 is 5.32 Å². The van der Waals surface area contributed by atoms with Crippen molar-refractivity contribution in [3.63, 3.8) is 0 Å². The van der Waals surface area contributed by atoms with E-state index in [0.717, 1.165) is 12.3 Å². The molecule has 84 valence electrons. The molecule has 2 rings (SSSR count). The maximum Gasteiger partial charge on any atom is 0.120 e. The second kappa shape index (κ2) is 4.81. The Kier molecular flexibility index (Phi) is 3.44. The largest absolute Gasteiger partial charge is 0.468 e. The Balaban J connectivity index is 1.97. The lowest BCUT2D eigenvalue weighted by molar-refractivity contribution is 0.141. The fourth-order valence-electron chi connectivity index (χ4n) is 2.23. The van der Waals surface area contributed by atoms with Crippen LogP contribution >= 0.6 is 0 Å². The van der Waals surface area contributed by atoms with Gasteiger partial charge < -0.3 is 9.73 Å². The van der Waals surface area contributed by atoms with Crippen LogP contribution in [0, 0.1) is 0 Å². The van der Waals surface area contributed by atoms with E-state index in [0.29, 0.717) is 12.1 Å². The van der Waals surface area contributed by atoms with Crippen molar-refractivity contribution in [2.45, 2.75) is 31.8 Å². The number of nitrogens with zero attached hydrogens (tertiary/aromatic N) is 1. The van der Waals surface area contributed by atoms with E-state index in [1.54, 1.807) is 6.26 Å². The average Bonchev–Trinajstić information content (AvgIpc) is 2.82. The molecule has 1 aromatic heterocycles. The van der Waals surface area contributed by atoms with Crippen LogP contribution in [0.5, 0.6) is 0 Å². The third-order valence-electron chi connectivity index (χ3n) is 3.41. The number of piperidine rings is 1. The maximum atomic E-state index is 5.45. The van der Waals surface area contributed by atoms with Crippen molar-refractivity contribution >= 4 is 0 Å². The summed E-state index contributed by atoms with van der Waals surface area (Å²) in [5, 5.41) is 3.44. The van der Waals surface area contributed by atoms with Gasteiger partial charge in [-0.1, -0.05) is 0 Å². The molecular formula is C12H20N2O. The van der Waals surface area contributed by atoms with Crippen LogP contribution in [0.3, 0.4) is 0 Å². The quantitative estimate of drug-likeness (QED) is 0.824. The van der Waals surface area contributed by atoms with Crippen molar-refractivity contribution in [3.8, 4) is 0 Å². The van der Waals surface area contributed by atoms with E-state index in [9.17, 15) is 0 Å². The third-order valence-corrected chi connectivity index (χ3v) is 3.41. The predicted octanol–water partition coefficient (Wildman–Crippen LogP) is 2.02. The van der Waals surface area contributed by atoms with E-state index in [2.05, 4.69) is 30.3 Å². The monoisotopic (exact) mass is 208 g/mol. The Bertz CT molecular complexity index is 278. The lowest BCUT2D eigenvalue weighted by Gasteiger charge is -2.35. The minimum absolute atomic E-state index is 0.366. The van der Waals surface area contributed by atoms with E-state index >= 15 is 0 Å². The standard InChI is InChI=1S/C12H20N2O/c1-10(12-6-4-8-15-12)14(2)11-5-3-7-13-9-11/h4,6,8,10-11,13H,3,5,7,9H2,1-2H3. The summed E-state index contributed by atoms with van der Waals surface area (Å²) < 4.78 is 5.45. The minimum Gasteiger partial charge on any atom is -0.468 e. The van der Waals surface area contributed by atoms with Gasteiger partial charge in [-0.25, -0.2) is 0 Å². The van der Waals surface area contributed by atoms with Gasteiger partial charge in [-0.2, -0.15) is 0 Å². The summed E-state index contributed by atoms with van der Waals surface area (Å²) in [7, 11) is 2.19. The Hall–Kier alpha value is -0.800. The normalized spacial score (nSPS) is 24.3. The smallest absolute Gasteiger partial charge is 0.120 e. The van der Waals surface area contributed by atoms with Crippen molar-refractivity contribution < 1.29 is 4.42 Å². The molecule has 1 aromatic rings. The van der Waals surface area contributed by atoms with E-state index in [4.69, 9.17) is 4.42 Å². The summed E-state index contributed by atoms with van der Waals surface area (Å²) in [6, 6.07) is 5.01. The lowest BCUT2D eigenvalue weighted by atomic mass is 10.0. The van der Waals surface area contributed by atoms with Gasteiger partial charge in [0.05, 0.1) is 12.3 Å². The first-order valence-electron chi connectivity index (χ1n) is 5.75. The molecule has 0 bridgehead atoms. The molecule has 2 atom stereocenters. The molecule has 0 aliphatic carbocycles. The third kappa shape index (κ3) is 2.41. The fraction of sp³-hybridized carbons (Fsp3) is 0.667. The molecule has 1 N–H and O–H groups in total. The number of rotatable bonds is 3. The van der Waals surface area contributed by atoms with Crippen LogP contribution in [0.2, 0.25) is 0 Å². The highest BCUT2D eigenvalue weighted by atomic mass is 16.3. The van der Waals surface area contributed by atoms with Gasteiger partial charge >= 0.3 is 0 Å². The van der Waals surface area contributed by atoms with Gasteiger partial charge in [0.2, 0.25) is 0 Å². The second-order valence-corrected chi connectivity index (χ2v) is 4.36. The van der Waals surface area contributed by atoms with Gasteiger partial charge in [-0.3, -0.25) is 4.90 Å². The number of hydrogen-bond acceptors (Lipinski definition) is 3. The highest BCUT2D eigenvalue weighted by Gasteiger charge is 2.23. The number of furan rings is 1. The summed E-state index contributed by atoms with van der Waals surface area (Å²) >= 11 is 0. The van der Waals surface area contributed by atoms with Gasteiger partial charge in [0.1, 0.15) is 5.76 Å². The van der Waals surface area contributed by atoms with E-state index < -0.39 is 0 Å². The van der Waals surface area contributed by atoms with Crippen LogP contribution in [0.15, 0.2) is 22.8 Å². The van der Waals surface area contributed by atoms with Crippen molar-refractivity contribution in [3.05, 3.63) is 24.2 Å². The summed E-state index contributed by atoms with van der Waals surface area (Å²) in [6.07, 6.45) is 4.31. The molecule has 0 saturated carbocycles. The highest BCUT2D eigenvalue weighted by Crippen LogP contribution is 2.23. The van der Waals surface area contributed by atoms with Crippen LogP contribution in [0.25, 0.3) is 0 Å². The minimum atomic E-state index is 0.366. The van der Waals surface area contributed by atoms with Crippen molar-refractivity contribution in [1.29, 1.82) is 0 Å². The molecule has 1 aliphatic heterocycles. The first-order valence-corrected chi connectivity index (χ1v) is 5.75. The zero-order valence-corrected chi connectivity index (χ0v) is 9.57. The predicted molar refractivity (Wildman–Crippen MR) is 60.8 cm³/mol. The Morgan fingerprint density at radius 2 is 2.47 bits per heavy atom. The van der Waals surface area contributed by atoms with Crippen molar-refractivity contribution in [2.75, 3.05) is 20.1 Å². The van der Waals surface area contributed by atoms with Crippen LogP contribution in [-0.2, 0) is 0 Å². The van der Waals surface area contributed by atoms with E-state index in [1.807, 2.05) is 6.07 Å². The van der Waals surface area contributed by atoms with Crippen LogP contribution in [0.4, 0.5) is 0 Å². The van der Waals surface area contributed by atoms with Gasteiger partial charge in [0, 0.05) is 12.6 Å². The lowest BCUT2D eigenvalue weighted by Crippen LogP contribution is -2.44. The summed E-state index contributed by atoms with van der Waals surface area (Å²) in [6.45, 7) is 4.47. The molecular weight excluding hydrogens is 188 g/mol. The molecule has 0 spiro atoms. The first kappa shape index (κ1) is 10.7. The average molecular weight is 208 g/mol. The SMILES string of the molecule is CC(c1ccco1)N(C)C1CCCNC1. The van der Waals surface area contributed by atoms with Gasteiger partial charge in [0.25, 0.3) is 0 Å². The van der Waals surface area contributed by atoms with Crippen LogP contribution in [0.1, 0.15) is 31.6 Å². The van der Waals surface area contributed by atoms with E-state index in [-0.39, 0.29) is 0 Å². The molecule has 2 unspecified atom stereocenters. The molecule has 3 heteroatoms. The molecule has 15 heavy (non-hydrogen) atoms. The summed E-state index contributed by atoms with van der Waals surface area (Å²) in [4.78, 5) is 2.41. The highest BCUT2D eigenvalue weighted by molar-refractivity contribution is 5.04. The second-order valence-electron chi connectivity index (χ2n) is 4.36.